The zero-order chi connectivity index (χ0) is 16.5. The number of aromatic nitrogens is 2. The summed E-state index contributed by atoms with van der Waals surface area (Å²) < 4.78 is 45.4. The van der Waals surface area contributed by atoms with Crippen molar-refractivity contribution in [2.24, 2.45) is 0 Å². The molecule has 1 heterocycles. The fourth-order valence-corrected chi connectivity index (χ4v) is 2.19. The van der Waals surface area contributed by atoms with Gasteiger partial charge in [0.2, 0.25) is 5.82 Å². The quantitative estimate of drug-likeness (QED) is 0.750. The first-order chi connectivity index (χ1) is 10.2. The van der Waals surface area contributed by atoms with Crippen LogP contribution in [0.1, 0.15) is 19.7 Å². The molecule has 0 saturated heterocycles. The SMILES string of the molecule is CC(C)OCn1c(C(F)(F)F)nc(-c2ccc(Cl)cc2)c1Cl. The number of ether oxygens (including phenoxy) is 1. The Labute approximate surface area is 135 Å². The topological polar surface area (TPSA) is 27.1 Å². The van der Waals surface area contributed by atoms with E-state index in [0.29, 0.717) is 10.6 Å². The second-order valence-electron chi connectivity index (χ2n) is 4.85. The van der Waals surface area contributed by atoms with Crippen molar-refractivity contribution in [2.45, 2.75) is 32.9 Å². The molecule has 0 aliphatic rings. The molecule has 0 aliphatic heterocycles. The number of imidazole rings is 1. The van der Waals surface area contributed by atoms with E-state index in [1.807, 2.05) is 0 Å². The highest BCUT2D eigenvalue weighted by Gasteiger charge is 2.39. The molecule has 0 unspecified atom stereocenters. The van der Waals surface area contributed by atoms with Crippen molar-refractivity contribution in [1.82, 2.24) is 9.55 Å². The second-order valence-corrected chi connectivity index (χ2v) is 5.65. The minimum Gasteiger partial charge on any atom is -0.358 e. The van der Waals surface area contributed by atoms with E-state index in [2.05, 4.69) is 4.98 Å². The Morgan fingerprint density at radius 2 is 1.77 bits per heavy atom. The van der Waals surface area contributed by atoms with E-state index < -0.39 is 12.0 Å². The fraction of sp³-hybridized carbons (Fsp3) is 0.357. The maximum Gasteiger partial charge on any atom is 0.449 e. The average molecular weight is 353 g/mol. The Balaban J connectivity index is 2.50. The highest BCUT2D eigenvalue weighted by molar-refractivity contribution is 6.32. The molecule has 0 radical (unpaired) electrons. The Hall–Kier alpha value is -1.24. The van der Waals surface area contributed by atoms with Crippen LogP contribution in [-0.4, -0.2) is 15.7 Å². The molecule has 3 nitrogen and oxygen atoms in total. The van der Waals surface area contributed by atoms with Crippen LogP contribution in [0.15, 0.2) is 24.3 Å². The Kier molecular flexibility index (Phi) is 5.04. The van der Waals surface area contributed by atoms with Crippen molar-refractivity contribution < 1.29 is 17.9 Å². The van der Waals surface area contributed by atoms with Crippen LogP contribution in [0.5, 0.6) is 0 Å². The van der Waals surface area contributed by atoms with Gasteiger partial charge in [-0.2, -0.15) is 13.2 Å². The molecule has 0 fully saturated rings. The van der Waals surface area contributed by atoms with Crippen LogP contribution in [0.3, 0.4) is 0 Å². The molecule has 0 amide bonds. The van der Waals surface area contributed by atoms with Gasteiger partial charge >= 0.3 is 6.18 Å². The predicted octanol–water partition coefficient (Wildman–Crippen LogP) is 5.26. The first-order valence-corrected chi connectivity index (χ1v) is 7.16. The van der Waals surface area contributed by atoms with E-state index in [4.69, 9.17) is 27.9 Å². The first kappa shape index (κ1) is 17.1. The lowest BCUT2D eigenvalue weighted by molar-refractivity contribution is -0.150. The van der Waals surface area contributed by atoms with Crippen molar-refractivity contribution in [3.8, 4) is 11.3 Å². The molecule has 1 aromatic carbocycles. The molecule has 22 heavy (non-hydrogen) atoms. The molecule has 0 saturated carbocycles. The summed E-state index contributed by atoms with van der Waals surface area (Å²) in [6, 6.07) is 6.24. The molecule has 2 rings (SSSR count). The summed E-state index contributed by atoms with van der Waals surface area (Å²) in [4.78, 5) is 3.64. The summed E-state index contributed by atoms with van der Waals surface area (Å²) in [7, 11) is 0. The number of hydrogen-bond donors (Lipinski definition) is 0. The summed E-state index contributed by atoms with van der Waals surface area (Å²) in [6.07, 6.45) is -4.87. The summed E-state index contributed by atoms with van der Waals surface area (Å²) in [5.41, 5.74) is 0.487. The molecule has 0 bridgehead atoms. The van der Waals surface area contributed by atoms with E-state index in [9.17, 15) is 13.2 Å². The number of nitrogens with zero attached hydrogens (tertiary/aromatic N) is 2. The van der Waals surface area contributed by atoms with Crippen molar-refractivity contribution in [3.05, 3.63) is 40.3 Å². The van der Waals surface area contributed by atoms with Gasteiger partial charge in [-0.05, 0) is 26.0 Å². The van der Waals surface area contributed by atoms with Gasteiger partial charge in [0.1, 0.15) is 17.6 Å². The zero-order valence-electron chi connectivity index (χ0n) is 11.8. The maximum atomic E-state index is 13.1. The summed E-state index contributed by atoms with van der Waals surface area (Å²) in [5, 5.41) is 0.341. The predicted molar refractivity (Wildman–Crippen MR) is 78.9 cm³/mol. The van der Waals surface area contributed by atoms with Gasteiger partial charge in [0.15, 0.2) is 0 Å². The van der Waals surface area contributed by atoms with Gasteiger partial charge in [-0.15, -0.1) is 0 Å². The Morgan fingerprint density at radius 1 is 1.18 bits per heavy atom. The maximum absolute atomic E-state index is 13.1. The lowest BCUT2D eigenvalue weighted by Gasteiger charge is -2.13. The molecule has 120 valence electrons. The van der Waals surface area contributed by atoms with Crippen LogP contribution < -0.4 is 0 Å². The van der Waals surface area contributed by atoms with Crippen molar-refractivity contribution in [3.63, 3.8) is 0 Å². The third kappa shape index (κ3) is 3.74. The van der Waals surface area contributed by atoms with Crippen LogP contribution >= 0.6 is 23.2 Å². The lowest BCUT2D eigenvalue weighted by atomic mass is 10.2. The highest BCUT2D eigenvalue weighted by Crippen LogP contribution is 2.36. The molecule has 0 spiro atoms. The van der Waals surface area contributed by atoms with E-state index >= 15 is 0 Å². The Bertz CT molecular complexity index is 651. The zero-order valence-corrected chi connectivity index (χ0v) is 13.3. The van der Waals surface area contributed by atoms with E-state index in [0.717, 1.165) is 4.57 Å². The van der Waals surface area contributed by atoms with Gasteiger partial charge in [-0.3, -0.25) is 4.57 Å². The summed E-state index contributed by atoms with van der Waals surface area (Å²) in [6.45, 7) is 3.11. The third-order valence-electron chi connectivity index (χ3n) is 2.81. The molecule has 0 aliphatic carbocycles. The van der Waals surface area contributed by atoms with E-state index in [1.54, 1.807) is 38.1 Å². The van der Waals surface area contributed by atoms with Crippen molar-refractivity contribution >= 4 is 23.2 Å². The third-order valence-corrected chi connectivity index (χ3v) is 3.45. The monoisotopic (exact) mass is 352 g/mol. The highest BCUT2D eigenvalue weighted by atomic mass is 35.5. The fourth-order valence-electron chi connectivity index (χ4n) is 1.78. The number of hydrogen-bond acceptors (Lipinski definition) is 2. The number of alkyl halides is 3. The smallest absolute Gasteiger partial charge is 0.358 e. The minimum atomic E-state index is -4.63. The summed E-state index contributed by atoms with van der Waals surface area (Å²) >= 11 is 11.9. The van der Waals surface area contributed by atoms with Gasteiger partial charge in [-0.1, -0.05) is 35.3 Å². The minimum absolute atomic E-state index is 0.0398. The van der Waals surface area contributed by atoms with Crippen LogP contribution in [0, 0.1) is 0 Å². The Morgan fingerprint density at radius 3 is 2.27 bits per heavy atom. The van der Waals surface area contributed by atoms with Crippen LogP contribution in [0.25, 0.3) is 11.3 Å². The molecule has 8 heteroatoms. The molecule has 2 aromatic rings. The van der Waals surface area contributed by atoms with Crippen LogP contribution in [0.4, 0.5) is 13.2 Å². The lowest BCUT2D eigenvalue weighted by Crippen LogP contribution is -2.18. The molecule has 0 atom stereocenters. The van der Waals surface area contributed by atoms with Gasteiger partial charge in [0.25, 0.3) is 0 Å². The van der Waals surface area contributed by atoms with E-state index in [-0.39, 0.29) is 23.7 Å². The summed E-state index contributed by atoms with van der Waals surface area (Å²) in [5.74, 6) is -1.09. The molecular weight excluding hydrogens is 340 g/mol. The van der Waals surface area contributed by atoms with Gasteiger partial charge in [0.05, 0.1) is 6.10 Å². The standard InChI is InChI=1S/C14H13Cl2F3N2O/c1-8(2)22-7-21-12(16)11(20-13(21)14(17,18)19)9-3-5-10(15)6-4-9/h3-6,8H,7H2,1-2H3. The largest absolute Gasteiger partial charge is 0.449 e. The average Bonchev–Trinajstić information content (AvgIpc) is 2.74. The number of halogens is 5. The molecule has 0 N–H and O–H groups in total. The van der Waals surface area contributed by atoms with Crippen molar-refractivity contribution in [1.29, 1.82) is 0 Å². The van der Waals surface area contributed by atoms with Crippen molar-refractivity contribution in [2.75, 3.05) is 0 Å². The van der Waals surface area contributed by atoms with E-state index in [1.165, 1.54) is 0 Å². The first-order valence-electron chi connectivity index (χ1n) is 6.41. The molecule has 1 aromatic heterocycles. The van der Waals surface area contributed by atoms with Gasteiger partial charge in [-0.25, -0.2) is 4.98 Å². The number of rotatable bonds is 4. The van der Waals surface area contributed by atoms with Crippen LogP contribution in [-0.2, 0) is 17.6 Å². The van der Waals surface area contributed by atoms with Gasteiger partial charge in [0, 0.05) is 10.6 Å². The normalized spacial score (nSPS) is 12.2. The van der Waals surface area contributed by atoms with Gasteiger partial charge < -0.3 is 4.74 Å². The second kappa shape index (κ2) is 6.48. The number of benzene rings is 1. The van der Waals surface area contributed by atoms with Crippen LogP contribution in [0.2, 0.25) is 10.2 Å². The molecular formula is C14H13Cl2F3N2O.